The number of fused-ring (bicyclic) bond motifs is 1. The van der Waals surface area contributed by atoms with E-state index < -0.39 is 0 Å². The van der Waals surface area contributed by atoms with Gasteiger partial charge in [0.2, 0.25) is 0 Å². The quantitative estimate of drug-likeness (QED) is 0.837. The molecule has 1 N–H and O–H groups in total. The Balaban J connectivity index is 2.72. The Morgan fingerprint density at radius 1 is 1.64 bits per heavy atom. The Kier molecular flexibility index (Phi) is 2.25. The molecule has 2 aromatic heterocycles. The van der Waals surface area contributed by atoms with Gasteiger partial charge in [-0.25, -0.2) is 4.98 Å². The zero-order chi connectivity index (χ0) is 10.1. The van der Waals surface area contributed by atoms with Crippen LogP contribution in [0.1, 0.15) is 10.4 Å². The number of carbonyl (C=O) groups is 1. The molecule has 1 amide bonds. The molecule has 0 fully saturated rings. The fourth-order valence-corrected chi connectivity index (χ4v) is 1.75. The van der Waals surface area contributed by atoms with Gasteiger partial charge in [0, 0.05) is 30.1 Å². The third kappa shape index (κ3) is 1.39. The molecule has 2 rings (SSSR count). The van der Waals surface area contributed by atoms with Crippen molar-refractivity contribution in [3.63, 3.8) is 0 Å². The number of rotatable bonds is 1. The molecule has 5 heteroatoms. The van der Waals surface area contributed by atoms with Crippen LogP contribution in [0.2, 0.25) is 0 Å². The fraction of sp³-hybridized carbons (Fsp3) is 0.111. The van der Waals surface area contributed by atoms with Gasteiger partial charge in [0.05, 0.1) is 5.56 Å². The summed E-state index contributed by atoms with van der Waals surface area (Å²) in [4.78, 5) is 15.6. The Bertz CT molecular complexity index is 492. The molecule has 0 radical (unpaired) electrons. The third-order valence-corrected chi connectivity index (χ3v) is 2.36. The van der Waals surface area contributed by atoms with E-state index >= 15 is 0 Å². The summed E-state index contributed by atoms with van der Waals surface area (Å²) in [6.45, 7) is 0. The first-order valence-electron chi connectivity index (χ1n) is 4.06. The highest BCUT2D eigenvalue weighted by atomic mass is 79.9. The third-order valence-electron chi connectivity index (χ3n) is 1.93. The van der Waals surface area contributed by atoms with Gasteiger partial charge in [0.15, 0.2) is 0 Å². The van der Waals surface area contributed by atoms with Crippen LogP contribution >= 0.6 is 15.9 Å². The van der Waals surface area contributed by atoms with E-state index in [0.29, 0.717) is 11.2 Å². The van der Waals surface area contributed by atoms with Crippen molar-refractivity contribution in [3.05, 3.63) is 34.7 Å². The van der Waals surface area contributed by atoms with Crippen LogP contribution in [-0.4, -0.2) is 22.3 Å². The number of aromatic nitrogens is 2. The molecule has 0 spiro atoms. The molecule has 0 aliphatic carbocycles. The lowest BCUT2D eigenvalue weighted by molar-refractivity contribution is 0.0964. The van der Waals surface area contributed by atoms with Crippen molar-refractivity contribution in [1.82, 2.24) is 14.7 Å². The molecule has 0 aromatic carbocycles. The number of carbonyl (C=O) groups excluding carboxylic acids is 1. The van der Waals surface area contributed by atoms with Crippen molar-refractivity contribution in [2.24, 2.45) is 0 Å². The van der Waals surface area contributed by atoms with Gasteiger partial charge in [0.1, 0.15) is 5.65 Å². The minimum Gasteiger partial charge on any atom is -0.355 e. The summed E-state index contributed by atoms with van der Waals surface area (Å²) in [6.07, 6.45) is 5.32. The van der Waals surface area contributed by atoms with Crippen molar-refractivity contribution < 1.29 is 4.79 Å². The molecule has 4 nitrogen and oxygen atoms in total. The monoisotopic (exact) mass is 253 g/mol. The molecule has 0 aliphatic rings. The molecular weight excluding hydrogens is 246 g/mol. The van der Waals surface area contributed by atoms with Gasteiger partial charge in [-0.05, 0) is 22.0 Å². The molecule has 0 unspecified atom stereocenters. The van der Waals surface area contributed by atoms with Crippen LogP contribution in [0.4, 0.5) is 0 Å². The molecule has 14 heavy (non-hydrogen) atoms. The maximum Gasteiger partial charge on any atom is 0.254 e. The molecule has 2 aromatic rings. The lowest BCUT2D eigenvalue weighted by Crippen LogP contribution is -2.18. The number of halogens is 1. The van der Waals surface area contributed by atoms with E-state index in [1.165, 1.54) is 0 Å². The number of nitrogens with zero attached hydrogens (tertiary/aromatic N) is 2. The van der Waals surface area contributed by atoms with Gasteiger partial charge in [0.25, 0.3) is 5.91 Å². The highest BCUT2D eigenvalue weighted by molar-refractivity contribution is 9.10. The SMILES string of the molecule is CNC(=O)c1cc(Br)cn2ccnc12. The first kappa shape index (κ1) is 9.21. The molecule has 0 bridgehead atoms. The van der Waals surface area contributed by atoms with E-state index in [-0.39, 0.29) is 5.91 Å². The molecule has 0 saturated carbocycles. The van der Waals surface area contributed by atoms with Crippen LogP contribution in [-0.2, 0) is 0 Å². The normalized spacial score (nSPS) is 10.4. The second-order valence-corrected chi connectivity index (χ2v) is 3.72. The van der Waals surface area contributed by atoms with Crippen molar-refractivity contribution in [1.29, 1.82) is 0 Å². The van der Waals surface area contributed by atoms with Gasteiger partial charge in [-0.2, -0.15) is 0 Å². The average molecular weight is 254 g/mol. The largest absolute Gasteiger partial charge is 0.355 e. The van der Waals surface area contributed by atoms with Crippen LogP contribution in [0.15, 0.2) is 29.1 Å². The predicted octanol–water partition coefficient (Wildman–Crippen LogP) is 1.46. The number of amides is 1. The molecule has 0 saturated heterocycles. The Hall–Kier alpha value is -1.36. The Morgan fingerprint density at radius 3 is 3.14 bits per heavy atom. The summed E-state index contributed by atoms with van der Waals surface area (Å²) < 4.78 is 2.65. The molecular formula is C9H8BrN3O. The van der Waals surface area contributed by atoms with E-state index in [1.807, 2.05) is 6.20 Å². The van der Waals surface area contributed by atoms with E-state index in [0.717, 1.165) is 4.47 Å². The maximum atomic E-state index is 11.5. The first-order chi connectivity index (χ1) is 6.72. The average Bonchev–Trinajstić information content (AvgIpc) is 2.62. The van der Waals surface area contributed by atoms with Gasteiger partial charge in [-0.15, -0.1) is 0 Å². The van der Waals surface area contributed by atoms with Crippen LogP contribution in [0, 0.1) is 0 Å². The number of nitrogens with one attached hydrogen (secondary N) is 1. The van der Waals surface area contributed by atoms with Crippen LogP contribution in [0.3, 0.4) is 0 Å². The van der Waals surface area contributed by atoms with Crippen molar-refractivity contribution >= 4 is 27.5 Å². The number of pyridine rings is 1. The minimum absolute atomic E-state index is 0.137. The number of hydrogen-bond donors (Lipinski definition) is 1. The number of imidazole rings is 1. The first-order valence-corrected chi connectivity index (χ1v) is 4.86. The zero-order valence-electron chi connectivity index (χ0n) is 7.49. The van der Waals surface area contributed by atoms with Gasteiger partial charge in [-0.3, -0.25) is 4.79 Å². The summed E-state index contributed by atoms with van der Waals surface area (Å²) in [5.74, 6) is -0.137. The molecule has 2 heterocycles. The van der Waals surface area contributed by atoms with Gasteiger partial charge >= 0.3 is 0 Å². The minimum atomic E-state index is -0.137. The summed E-state index contributed by atoms with van der Waals surface area (Å²) in [6, 6.07) is 1.75. The Labute approximate surface area is 89.1 Å². The van der Waals surface area contributed by atoms with Crippen molar-refractivity contribution in [3.8, 4) is 0 Å². The van der Waals surface area contributed by atoms with E-state index in [2.05, 4.69) is 26.2 Å². The lowest BCUT2D eigenvalue weighted by atomic mass is 10.2. The van der Waals surface area contributed by atoms with E-state index in [9.17, 15) is 4.79 Å². The fourth-order valence-electron chi connectivity index (χ4n) is 1.30. The summed E-state index contributed by atoms with van der Waals surface area (Å²) in [5.41, 5.74) is 1.22. The Morgan fingerprint density at radius 2 is 2.43 bits per heavy atom. The molecule has 0 aliphatic heterocycles. The summed E-state index contributed by atoms with van der Waals surface area (Å²) in [5, 5.41) is 2.58. The zero-order valence-corrected chi connectivity index (χ0v) is 9.08. The summed E-state index contributed by atoms with van der Waals surface area (Å²) >= 11 is 3.34. The highest BCUT2D eigenvalue weighted by Gasteiger charge is 2.10. The van der Waals surface area contributed by atoms with Crippen molar-refractivity contribution in [2.45, 2.75) is 0 Å². The topological polar surface area (TPSA) is 46.4 Å². The highest BCUT2D eigenvalue weighted by Crippen LogP contribution is 2.16. The van der Waals surface area contributed by atoms with E-state index in [1.54, 1.807) is 29.9 Å². The molecule has 72 valence electrons. The van der Waals surface area contributed by atoms with Gasteiger partial charge < -0.3 is 9.72 Å². The van der Waals surface area contributed by atoms with Crippen molar-refractivity contribution in [2.75, 3.05) is 7.05 Å². The predicted molar refractivity (Wildman–Crippen MR) is 56.3 cm³/mol. The van der Waals surface area contributed by atoms with Crippen LogP contribution in [0.25, 0.3) is 5.65 Å². The second-order valence-electron chi connectivity index (χ2n) is 2.81. The lowest BCUT2D eigenvalue weighted by Gasteiger charge is -2.03. The number of hydrogen-bond acceptors (Lipinski definition) is 2. The molecule has 0 atom stereocenters. The van der Waals surface area contributed by atoms with E-state index in [4.69, 9.17) is 0 Å². The smallest absolute Gasteiger partial charge is 0.254 e. The maximum absolute atomic E-state index is 11.5. The second kappa shape index (κ2) is 3.42. The van der Waals surface area contributed by atoms with Gasteiger partial charge in [-0.1, -0.05) is 0 Å². The van der Waals surface area contributed by atoms with Crippen LogP contribution in [0.5, 0.6) is 0 Å². The standard InChI is InChI=1S/C9H8BrN3O/c1-11-9(14)7-4-6(10)5-13-3-2-12-8(7)13/h2-5H,1H3,(H,11,14). The van der Waals surface area contributed by atoms with Crippen LogP contribution < -0.4 is 5.32 Å². The summed E-state index contributed by atoms with van der Waals surface area (Å²) in [7, 11) is 1.60.